The molecular weight excluding hydrogens is 278 g/mol. The zero-order valence-electron chi connectivity index (χ0n) is 12.7. The Kier molecular flexibility index (Phi) is 4.13. The molecule has 0 radical (unpaired) electrons. The van der Waals surface area contributed by atoms with E-state index >= 15 is 0 Å². The van der Waals surface area contributed by atoms with Gasteiger partial charge in [0.05, 0.1) is 17.3 Å². The highest BCUT2D eigenvalue weighted by atomic mass is 16.4. The topological polar surface area (TPSA) is 67.2 Å². The van der Waals surface area contributed by atoms with Crippen LogP contribution in [0.5, 0.6) is 0 Å². The summed E-state index contributed by atoms with van der Waals surface area (Å²) in [5, 5.41) is 17.0. The highest BCUT2D eigenvalue weighted by molar-refractivity contribution is 5.70. The van der Waals surface area contributed by atoms with Crippen LogP contribution in [-0.2, 0) is 4.79 Å². The van der Waals surface area contributed by atoms with Crippen LogP contribution in [0.4, 0.5) is 5.69 Å². The van der Waals surface area contributed by atoms with Gasteiger partial charge in [-0.25, -0.2) is 4.68 Å². The summed E-state index contributed by atoms with van der Waals surface area (Å²) in [5.74, 6) is -0.840. The SMILES string of the molecule is Cc1ccnn1-c1ccccc1NC1CCC(C(=O)O)CC1. The minimum Gasteiger partial charge on any atom is -0.481 e. The van der Waals surface area contributed by atoms with Crippen LogP contribution >= 0.6 is 0 Å². The molecule has 1 aromatic carbocycles. The lowest BCUT2D eigenvalue weighted by Crippen LogP contribution is -2.29. The van der Waals surface area contributed by atoms with Gasteiger partial charge in [0.1, 0.15) is 0 Å². The first-order valence-corrected chi connectivity index (χ1v) is 7.74. The second kappa shape index (κ2) is 6.22. The third kappa shape index (κ3) is 2.98. The number of aliphatic carboxylic acids is 1. The van der Waals surface area contributed by atoms with Crippen LogP contribution < -0.4 is 5.32 Å². The lowest BCUT2D eigenvalue weighted by atomic mass is 9.86. The highest BCUT2D eigenvalue weighted by Crippen LogP contribution is 2.29. The molecule has 1 aliphatic carbocycles. The Labute approximate surface area is 130 Å². The van der Waals surface area contributed by atoms with Crippen molar-refractivity contribution in [2.24, 2.45) is 5.92 Å². The van der Waals surface area contributed by atoms with Crippen LogP contribution in [0.1, 0.15) is 31.4 Å². The lowest BCUT2D eigenvalue weighted by molar-refractivity contribution is -0.142. The van der Waals surface area contributed by atoms with Crippen molar-refractivity contribution in [3.63, 3.8) is 0 Å². The van der Waals surface area contributed by atoms with Crippen molar-refractivity contribution in [3.8, 4) is 5.69 Å². The average molecular weight is 299 g/mol. The number of carboxylic acids is 1. The molecule has 5 heteroatoms. The fraction of sp³-hybridized carbons (Fsp3) is 0.412. The molecule has 0 atom stereocenters. The van der Waals surface area contributed by atoms with E-state index in [1.54, 1.807) is 6.20 Å². The smallest absolute Gasteiger partial charge is 0.306 e. The molecule has 116 valence electrons. The largest absolute Gasteiger partial charge is 0.481 e. The second-order valence-corrected chi connectivity index (χ2v) is 5.93. The maximum atomic E-state index is 11.0. The van der Waals surface area contributed by atoms with Crippen molar-refractivity contribution in [1.82, 2.24) is 9.78 Å². The number of carbonyl (C=O) groups is 1. The quantitative estimate of drug-likeness (QED) is 0.909. The summed E-state index contributed by atoms with van der Waals surface area (Å²) < 4.78 is 1.92. The van der Waals surface area contributed by atoms with Gasteiger partial charge in [-0.2, -0.15) is 5.10 Å². The van der Waals surface area contributed by atoms with Crippen LogP contribution in [0.3, 0.4) is 0 Å². The van der Waals surface area contributed by atoms with E-state index in [9.17, 15) is 4.79 Å². The van der Waals surface area contributed by atoms with Gasteiger partial charge in [0.15, 0.2) is 0 Å². The van der Waals surface area contributed by atoms with Gasteiger partial charge >= 0.3 is 5.97 Å². The predicted octanol–water partition coefficient (Wildman–Crippen LogP) is 3.24. The maximum Gasteiger partial charge on any atom is 0.306 e. The van der Waals surface area contributed by atoms with E-state index in [-0.39, 0.29) is 5.92 Å². The molecule has 0 saturated heterocycles. The summed E-state index contributed by atoms with van der Waals surface area (Å²) >= 11 is 0. The Morgan fingerprint density at radius 2 is 1.95 bits per heavy atom. The highest BCUT2D eigenvalue weighted by Gasteiger charge is 2.26. The number of para-hydroxylation sites is 2. The van der Waals surface area contributed by atoms with Crippen molar-refractivity contribution in [3.05, 3.63) is 42.2 Å². The van der Waals surface area contributed by atoms with Crippen molar-refractivity contribution < 1.29 is 9.90 Å². The second-order valence-electron chi connectivity index (χ2n) is 5.93. The van der Waals surface area contributed by atoms with Gasteiger partial charge in [-0.05, 0) is 50.8 Å². The number of aromatic nitrogens is 2. The van der Waals surface area contributed by atoms with Gasteiger partial charge in [-0.15, -0.1) is 0 Å². The van der Waals surface area contributed by atoms with Crippen LogP contribution in [0.15, 0.2) is 36.5 Å². The Morgan fingerprint density at radius 1 is 1.23 bits per heavy atom. The third-order valence-electron chi connectivity index (χ3n) is 4.40. The van der Waals surface area contributed by atoms with E-state index in [2.05, 4.69) is 16.5 Å². The van der Waals surface area contributed by atoms with Crippen LogP contribution in [0.25, 0.3) is 5.69 Å². The standard InChI is InChI=1S/C17H21N3O2/c1-12-10-11-18-20(12)16-5-3-2-4-15(16)19-14-8-6-13(7-9-14)17(21)22/h2-5,10-11,13-14,19H,6-9H2,1H3,(H,21,22). The normalized spacial score (nSPS) is 21.5. The lowest BCUT2D eigenvalue weighted by Gasteiger charge is -2.28. The molecule has 1 saturated carbocycles. The Bertz CT molecular complexity index is 657. The first-order valence-electron chi connectivity index (χ1n) is 7.74. The molecule has 1 fully saturated rings. The summed E-state index contributed by atoms with van der Waals surface area (Å²) in [6.45, 7) is 2.03. The molecule has 5 nitrogen and oxygen atoms in total. The fourth-order valence-electron chi connectivity index (χ4n) is 3.11. The van der Waals surface area contributed by atoms with E-state index in [1.165, 1.54) is 0 Å². The van der Waals surface area contributed by atoms with Gasteiger partial charge in [0.2, 0.25) is 0 Å². The summed E-state index contributed by atoms with van der Waals surface area (Å²) in [5.41, 5.74) is 3.17. The van der Waals surface area contributed by atoms with Crippen molar-refractivity contribution in [2.75, 3.05) is 5.32 Å². The number of carboxylic acid groups (broad SMARTS) is 1. The summed E-state index contributed by atoms with van der Waals surface area (Å²) in [6, 6.07) is 10.4. The van der Waals surface area contributed by atoms with Gasteiger partial charge < -0.3 is 10.4 Å². The molecule has 1 aromatic heterocycles. The van der Waals surface area contributed by atoms with Gasteiger partial charge in [-0.1, -0.05) is 12.1 Å². The molecule has 1 aliphatic rings. The molecule has 3 rings (SSSR count). The molecule has 1 heterocycles. The number of benzene rings is 1. The molecule has 0 aliphatic heterocycles. The predicted molar refractivity (Wildman–Crippen MR) is 85.3 cm³/mol. The zero-order chi connectivity index (χ0) is 15.5. The number of nitrogens with one attached hydrogen (secondary N) is 1. The molecule has 0 unspecified atom stereocenters. The molecule has 0 bridgehead atoms. The van der Waals surface area contributed by atoms with Crippen LogP contribution in [-0.4, -0.2) is 26.9 Å². The number of hydrogen-bond acceptors (Lipinski definition) is 3. The Balaban J connectivity index is 1.74. The molecule has 0 amide bonds. The van der Waals surface area contributed by atoms with Crippen molar-refractivity contribution in [2.45, 2.75) is 38.6 Å². The molecule has 22 heavy (non-hydrogen) atoms. The first kappa shape index (κ1) is 14.6. The van der Waals surface area contributed by atoms with E-state index in [1.807, 2.05) is 35.9 Å². The van der Waals surface area contributed by atoms with E-state index in [0.29, 0.717) is 6.04 Å². The number of nitrogens with zero attached hydrogens (tertiary/aromatic N) is 2. The number of anilines is 1. The minimum absolute atomic E-state index is 0.179. The van der Waals surface area contributed by atoms with Crippen LogP contribution in [0, 0.1) is 12.8 Å². The van der Waals surface area contributed by atoms with Gasteiger partial charge in [0, 0.05) is 17.9 Å². The summed E-state index contributed by atoms with van der Waals surface area (Å²) in [7, 11) is 0. The Morgan fingerprint density at radius 3 is 2.59 bits per heavy atom. The van der Waals surface area contributed by atoms with Crippen molar-refractivity contribution >= 4 is 11.7 Å². The van der Waals surface area contributed by atoms with E-state index < -0.39 is 5.97 Å². The molecular formula is C17H21N3O2. The monoisotopic (exact) mass is 299 g/mol. The average Bonchev–Trinajstić information content (AvgIpc) is 2.94. The number of hydrogen-bond donors (Lipinski definition) is 2. The van der Waals surface area contributed by atoms with Crippen LogP contribution in [0.2, 0.25) is 0 Å². The minimum atomic E-state index is -0.661. The maximum absolute atomic E-state index is 11.0. The van der Waals surface area contributed by atoms with Gasteiger partial charge in [-0.3, -0.25) is 4.79 Å². The van der Waals surface area contributed by atoms with Gasteiger partial charge in [0.25, 0.3) is 0 Å². The first-order chi connectivity index (χ1) is 10.6. The number of rotatable bonds is 4. The van der Waals surface area contributed by atoms with Crippen molar-refractivity contribution in [1.29, 1.82) is 0 Å². The zero-order valence-corrected chi connectivity index (χ0v) is 12.7. The Hall–Kier alpha value is -2.30. The fourth-order valence-corrected chi connectivity index (χ4v) is 3.11. The van der Waals surface area contributed by atoms with E-state index in [0.717, 1.165) is 42.8 Å². The summed E-state index contributed by atoms with van der Waals surface area (Å²) in [4.78, 5) is 11.0. The summed E-state index contributed by atoms with van der Waals surface area (Å²) in [6.07, 6.45) is 5.07. The van der Waals surface area contributed by atoms with E-state index in [4.69, 9.17) is 5.11 Å². The molecule has 2 aromatic rings. The molecule has 0 spiro atoms. The third-order valence-corrected chi connectivity index (χ3v) is 4.40. The number of aryl methyl sites for hydroxylation is 1. The molecule has 2 N–H and O–H groups in total.